The summed E-state index contributed by atoms with van der Waals surface area (Å²) in [4.78, 5) is 48.6. The largest absolute Gasteiger partial charge is 0.464 e. The molecule has 0 heterocycles. The first-order chi connectivity index (χ1) is 13.9. The molecule has 0 radical (unpaired) electrons. The van der Waals surface area contributed by atoms with Crippen LogP contribution in [0, 0.1) is 5.41 Å². The molecule has 2 amide bonds. The van der Waals surface area contributed by atoms with Gasteiger partial charge in [0, 0.05) is 5.41 Å². The molecular formula is C19H32N2O8. The highest BCUT2D eigenvalue weighted by Crippen LogP contribution is 2.61. The number of carbonyl (C=O) groups is 4. The molecule has 29 heavy (non-hydrogen) atoms. The van der Waals surface area contributed by atoms with Crippen LogP contribution in [0.1, 0.15) is 52.4 Å². The second-order valence-corrected chi connectivity index (χ2v) is 7.21. The van der Waals surface area contributed by atoms with Crippen LogP contribution in [0.2, 0.25) is 0 Å². The fourth-order valence-electron chi connectivity index (χ4n) is 3.72. The molecule has 4 N–H and O–H groups in total. The molecule has 166 valence electrons. The van der Waals surface area contributed by atoms with Gasteiger partial charge in [-0.05, 0) is 25.7 Å². The van der Waals surface area contributed by atoms with Crippen molar-refractivity contribution >= 4 is 24.8 Å². The maximum absolute atomic E-state index is 12.9. The lowest BCUT2D eigenvalue weighted by atomic mass is 9.67. The van der Waals surface area contributed by atoms with Gasteiger partial charge in [0.15, 0.2) is 11.1 Å². The first-order valence-corrected chi connectivity index (χ1v) is 9.90. The Morgan fingerprint density at radius 2 is 1.28 bits per heavy atom. The van der Waals surface area contributed by atoms with E-state index in [-0.39, 0.29) is 38.9 Å². The van der Waals surface area contributed by atoms with E-state index in [4.69, 9.17) is 9.47 Å². The van der Waals surface area contributed by atoms with Gasteiger partial charge in [-0.15, -0.1) is 0 Å². The molecule has 1 aliphatic rings. The van der Waals surface area contributed by atoms with Crippen molar-refractivity contribution in [3.8, 4) is 0 Å². The van der Waals surface area contributed by atoms with E-state index in [2.05, 4.69) is 10.6 Å². The molecule has 0 aromatic rings. The third kappa shape index (κ3) is 4.53. The van der Waals surface area contributed by atoms with Crippen LogP contribution in [0.25, 0.3) is 0 Å². The van der Waals surface area contributed by atoms with Crippen molar-refractivity contribution in [3.05, 3.63) is 0 Å². The van der Waals surface area contributed by atoms with Crippen LogP contribution in [0.5, 0.6) is 0 Å². The van der Waals surface area contributed by atoms with E-state index in [0.717, 1.165) is 12.8 Å². The Hall–Kier alpha value is -2.20. The summed E-state index contributed by atoms with van der Waals surface area (Å²) in [6, 6.07) is 0. The number of amides is 2. The summed E-state index contributed by atoms with van der Waals surface area (Å²) in [7, 11) is 0. The average molecular weight is 416 g/mol. The van der Waals surface area contributed by atoms with Gasteiger partial charge in [0.25, 0.3) is 0 Å². The molecule has 0 saturated heterocycles. The molecule has 0 spiro atoms. The lowest BCUT2D eigenvalue weighted by Crippen LogP contribution is -2.74. The maximum Gasteiger partial charge on any atom is 0.334 e. The smallest absolute Gasteiger partial charge is 0.334 e. The van der Waals surface area contributed by atoms with Crippen LogP contribution < -0.4 is 10.6 Å². The van der Waals surface area contributed by atoms with E-state index in [1.807, 2.05) is 13.8 Å². The first-order valence-electron chi connectivity index (χ1n) is 9.90. The van der Waals surface area contributed by atoms with Crippen LogP contribution in [0.3, 0.4) is 0 Å². The summed E-state index contributed by atoms with van der Waals surface area (Å²) >= 11 is 0. The van der Waals surface area contributed by atoms with Crippen molar-refractivity contribution < 1.29 is 38.9 Å². The minimum Gasteiger partial charge on any atom is -0.464 e. The van der Waals surface area contributed by atoms with Crippen molar-refractivity contribution in [1.82, 2.24) is 10.6 Å². The Morgan fingerprint density at radius 1 is 0.897 bits per heavy atom. The summed E-state index contributed by atoms with van der Waals surface area (Å²) in [6.45, 7) is 2.14. The third-order valence-corrected chi connectivity index (χ3v) is 5.63. The van der Waals surface area contributed by atoms with Crippen LogP contribution in [-0.4, -0.2) is 72.5 Å². The molecular weight excluding hydrogens is 384 g/mol. The van der Waals surface area contributed by atoms with Crippen LogP contribution in [0.15, 0.2) is 0 Å². The fourth-order valence-corrected chi connectivity index (χ4v) is 3.72. The normalized spacial score (nSPS) is 18.5. The second kappa shape index (κ2) is 11.1. The fraction of sp³-hybridized carbons (Fsp3) is 0.789. The van der Waals surface area contributed by atoms with Crippen LogP contribution in [-0.2, 0) is 28.7 Å². The first kappa shape index (κ1) is 24.8. The van der Waals surface area contributed by atoms with Gasteiger partial charge < -0.3 is 30.3 Å². The maximum atomic E-state index is 12.9. The molecule has 0 aromatic heterocycles. The van der Waals surface area contributed by atoms with Gasteiger partial charge in [-0.1, -0.05) is 26.7 Å². The third-order valence-electron chi connectivity index (χ3n) is 5.63. The molecule has 10 heteroatoms. The second-order valence-electron chi connectivity index (χ2n) is 7.21. The standard InChI is InChI=1S/C19H32N2O8/c1-3-5-9-28-15(26)18(11-22,20-13-24)17(7-8-17)19(12-23,21-14-25)16(27)29-10-6-4-2/h13-14,22-23H,3-12H2,1-2H3,(H,20,24)(H,21,25)/t18-,19-/m1/s1. The monoisotopic (exact) mass is 416 g/mol. The Balaban J connectivity index is 3.41. The number of hydrogen-bond donors (Lipinski definition) is 4. The zero-order chi connectivity index (χ0) is 22.0. The summed E-state index contributed by atoms with van der Waals surface area (Å²) in [5.41, 5.74) is -5.59. The Labute approximate surface area is 170 Å². The van der Waals surface area contributed by atoms with Gasteiger partial charge in [0.1, 0.15) is 0 Å². The minimum atomic E-state index is -2.04. The molecule has 0 bridgehead atoms. The van der Waals surface area contributed by atoms with Crippen molar-refractivity contribution in [2.45, 2.75) is 63.5 Å². The summed E-state index contributed by atoms with van der Waals surface area (Å²) < 4.78 is 10.5. The van der Waals surface area contributed by atoms with Crippen LogP contribution in [0.4, 0.5) is 0 Å². The molecule has 0 aromatic carbocycles. The molecule has 2 atom stereocenters. The van der Waals surface area contributed by atoms with E-state index in [1.165, 1.54) is 0 Å². The van der Waals surface area contributed by atoms with E-state index in [0.29, 0.717) is 12.8 Å². The van der Waals surface area contributed by atoms with Gasteiger partial charge >= 0.3 is 11.9 Å². The Morgan fingerprint density at radius 3 is 1.52 bits per heavy atom. The topological polar surface area (TPSA) is 151 Å². The molecule has 0 aliphatic heterocycles. The lowest BCUT2D eigenvalue weighted by Gasteiger charge is -2.46. The zero-order valence-electron chi connectivity index (χ0n) is 17.1. The van der Waals surface area contributed by atoms with E-state index in [1.54, 1.807) is 0 Å². The molecule has 1 rings (SSSR count). The van der Waals surface area contributed by atoms with Crippen molar-refractivity contribution in [1.29, 1.82) is 0 Å². The molecule has 0 unspecified atom stereocenters. The van der Waals surface area contributed by atoms with E-state index >= 15 is 0 Å². The molecule has 1 fully saturated rings. The molecule has 1 aliphatic carbocycles. The Kier molecular flexibility index (Phi) is 9.51. The van der Waals surface area contributed by atoms with Gasteiger partial charge in [0.2, 0.25) is 12.8 Å². The quantitative estimate of drug-likeness (QED) is 0.148. The van der Waals surface area contributed by atoms with E-state index < -0.39 is 41.6 Å². The zero-order valence-corrected chi connectivity index (χ0v) is 17.1. The van der Waals surface area contributed by atoms with E-state index in [9.17, 15) is 29.4 Å². The highest BCUT2D eigenvalue weighted by Gasteiger charge is 2.76. The highest BCUT2D eigenvalue weighted by molar-refractivity contribution is 5.92. The number of nitrogens with one attached hydrogen (secondary N) is 2. The van der Waals surface area contributed by atoms with Crippen molar-refractivity contribution in [2.75, 3.05) is 26.4 Å². The summed E-state index contributed by atoms with van der Waals surface area (Å²) in [5.74, 6) is -1.88. The number of hydrogen-bond acceptors (Lipinski definition) is 8. The predicted molar refractivity (Wildman–Crippen MR) is 101 cm³/mol. The van der Waals surface area contributed by atoms with Crippen molar-refractivity contribution in [3.63, 3.8) is 0 Å². The number of carbonyl (C=O) groups excluding carboxylic acids is 4. The van der Waals surface area contributed by atoms with Crippen LogP contribution >= 0.6 is 0 Å². The highest BCUT2D eigenvalue weighted by atomic mass is 16.5. The van der Waals surface area contributed by atoms with Gasteiger partial charge in [0.05, 0.1) is 26.4 Å². The molecule has 1 saturated carbocycles. The Bertz CT molecular complexity index is 535. The number of unbranched alkanes of at least 4 members (excludes halogenated alkanes) is 2. The minimum absolute atomic E-state index is 0.0574. The average Bonchev–Trinajstić information content (AvgIpc) is 3.53. The van der Waals surface area contributed by atoms with Crippen molar-refractivity contribution in [2.24, 2.45) is 5.41 Å². The lowest BCUT2D eigenvalue weighted by molar-refractivity contribution is -0.172. The number of rotatable bonds is 16. The summed E-state index contributed by atoms with van der Waals surface area (Å²) in [5, 5.41) is 25.0. The molecule has 10 nitrogen and oxygen atoms in total. The predicted octanol–water partition coefficient (Wildman–Crippen LogP) is -0.593. The summed E-state index contributed by atoms with van der Waals surface area (Å²) in [6.07, 6.45) is 3.40. The number of esters is 2. The number of aliphatic hydroxyl groups is 2. The SMILES string of the molecule is CCCCOC(=O)[C@@](CO)(NC=O)C1([C@](CO)(NC=O)C(=O)OCCCC)CC1. The van der Waals surface area contributed by atoms with Gasteiger partial charge in [-0.25, -0.2) is 9.59 Å². The number of aliphatic hydroxyl groups excluding tert-OH is 2. The number of ether oxygens (including phenoxy) is 2. The van der Waals surface area contributed by atoms with Gasteiger partial charge in [-0.2, -0.15) is 0 Å². The van der Waals surface area contributed by atoms with Gasteiger partial charge in [-0.3, -0.25) is 9.59 Å².